The highest BCUT2D eigenvalue weighted by Gasteiger charge is 2.14. The lowest BCUT2D eigenvalue weighted by Gasteiger charge is -2.01. The fourth-order valence-electron chi connectivity index (χ4n) is 2.14. The van der Waals surface area contributed by atoms with Crippen molar-refractivity contribution in [3.8, 4) is 11.4 Å². The summed E-state index contributed by atoms with van der Waals surface area (Å²) in [5.74, 6) is 0.404. The van der Waals surface area contributed by atoms with Gasteiger partial charge in [0.2, 0.25) is 0 Å². The zero-order valence-corrected chi connectivity index (χ0v) is 11.1. The molecule has 100 valence electrons. The molecule has 4 nitrogen and oxygen atoms in total. The molecule has 3 aromatic rings. The van der Waals surface area contributed by atoms with Crippen molar-refractivity contribution < 1.29 is 9.53 Å². The van der Waals surface area contributed by atoms with Crippen LogP contribution in [0.3, 0.4) is 0 Å². The van der Waals surface area contributed by atoms with Crippen LogP contribution < -0.4 is 0 Å². The topological polar surface area (TPSA) is 55.0 Å². The lowest BCUT2D eigenvalue weighted by Crippen LogP contribution is -2.05. The quantitative estimate of drug-likeness (QED) is 0.739. The zero-order valence-electron chi connectivity index (χ0n) is 11.1. The van der Waals surface area contributed by atoms with E-state index in [2.05, 4.69) is 9.97 Å². The summed E-state index contributed by atoms with van der Waals surface area (Å²) in [6.07, 6.45) is 0. The second-order valence-corrected chi connectivity index (χ2v) is 4.37. The Morgan fingerprint density at radius 1 is 1.15 bits per heavy atom. The average Bonchev–Trinajstić information content (AvgIpc) is 2.92. The van der Waals surface area contributed by atoms with Crippen molar-refractivity contribution in [3.05, 3.63) is 54.1 Å². The first-order valence-electron chi connectivity index (χ1n) is 6.51. The monoisotopic (exact) mass is 266 g/mol. The molecule has 0 saturated carbocycles. The van der Waals surface area contributed by atoms with E-state index in [9.17, 15) is 4.79 Å². The lowest BCUT2D eigenvalue weighted by atomic mass is 10.2. The number of hydrogen-bond donors (Lipinski definition) is 1. The van der Waals surface area contributed by atoms with E-state index in [0.717, 1.165) is 16.9 Å². The van der Waals surface area contributed by atoms with Crippen LogP contribution in [0.15, 0.2) is 48.5 Å². The smallest absolute Gasteiger partial charge is 0.340 e. The van der Waals surface area contributed by atoms with Gasteiger partial charge < -0.3 is 9.72 Å². The zero-order chi connectivity index (χ0) is 13.9. The fourth-order valence-corrected chi connectivity index (χ4v) is 2.14. The molecule has 0 aliphatic rings. The van der Waals surface area contributed by atoms with Gasteiger partial charge in [0.05, 0.1) is 17.7 Å². The van der Waals surface area contributed by atoms with E-state index in [4.69, 9.17) is 4.74 Å². The highest BCUT2D eigenvalue weighted by Crippen LogP contribution is 2.23. The Morgan fingerprint density at radius 3 is 2.70 bits per heavy atom. The number of aromatic amines is 1. The first-order valence-corrected chi connectivity index (χ1v) is 6.51. The second-order valence-electron chi connectivity index (χ2n) is 4.37. The summed E-state index contributed by atoms with van der Waals surface area (Å²) in [4.78, 5) is 19.7. The minimum Gasteiger partial charge on any atom is -0.462 e. The molecular weight excluding hydrogens is 252 g/mol. The van der Waals surface area contributed by atoms with Crippen LogP contribution in [0.4, 0.5) is 0 Å². The Morgan fingerprint density at radius 2 is 1.95 bits per heavy atom. The van der Waals surface area contributed by atoms with Crippen molar-refractivity contribution in [2.45, 2.75) is 6.92 Å². The SMILES string of the molecule is CCOC(=O)c1cccc2[nH]c(-c3ccccc3)nc12. The number of imidazole rings is 1. The number of para-hydroxylation sites is 1. The maximum Gasteiger partial charge on any atom is 0.340 e. The van der Waals surface area contributed by atoms with E-state index in [-0.39, 0.29) is 5.97 Å². The van der Waals surface area contributed by atoms with E-state index in [1.54, 1.807) is 13.0 Å². The number of fused-ring (bicyclic) bond motifs is 1. The summed E-state index contributed by atoms with van der Waals surface area (Å²) in [5.41, 5.74) is 2.94. The normalized spacial score (nSPS) is 10.7. The third-order valence-corrected chi connectivity index (χ3v) is 3.06. The minimum absolute atomic E-state index is 0.343. The molecule has 0 amide bonds. The summed E-state index contributed by atoms with van der Waals surface area (Å²) >= 11 is 0. The predicted molar refractivity (Wildman–Crippen MR) is 77.5 cm³/mol. The number of esters is 1. The Labute approximate surface area is 116 Å². The molecule has 0 radical (unpaired) electrons. The van der Waals surface area contributed by atoms with Crippen LogP contribution in [-0.4, -0.2) is 22.5 Å². The number of H-pyrrole nitrogens is 1. The van der Waals surface area contributed by atoms with Crippen molar-refractivity contribution in [3.63, 3.8) is 0 Å². The molecule has 1 aromatic heterocycles. The fraction of sp³-hybridized carbons (Fsp3) is 0.125. The standard InChI is InChI=1S/C16H14N2O2/c1-2-20-16(19)12-9-6-10-13-14(12)18-15(17-13)11-7-4-3-5-8-11/h3-10H,2H2,1H3,(H,17,18). The molecule has 1 heterocycles. The molecule has 0 bridgehead atoms. The van der Waals surface area contributed by atoms with E-state index in [0.29, 0.717) is 17.7 Å². The number of ether oxygens (including phenoxy) is 1. The molecule has 2 aromatic carbocycles. The van der Waals surface area contributed by atoms with Crippen molar-refractivity contribution in [1.29, 1.82) is 0 Å². The van der Waals surface area contributed by atoms with Crippen molar-refractivity contribution in [2.75, 3.05) is 6.61 Å². The van der Waals surface area contributed by atoms with Crippen molar-refractivity contribution >= 4 is 17.0 Å². The number of aromatic nitrogens is 2. The third kappa shape index (κ3) is 2.16. The van der Waals surface area contributed by atoms with E-state index in [1.807, 2.05) is 42.5 Å². The van der Waals surface area contributed by atoms with Gasteiger partial charge in [0, 0.05) is 5.56 Å². The molecule has 0 aliphatic heterocycles. The number of carbonyl (C=O) groups excluding carboxylic acids is 1. The first-order chi connectivity index (χ1) is 9.79. The summed E-state index contributed by atoms with van der Waals surface area (Å²) in [7, 11) is 0. The molecule has 3 rings (SSSR count). The molecule has 0 unspecified atom stereocenters. The number of benzene rings is 2. The first kappa shape index (κ1) is 12.4. The average molecular weight is 266 g/mol. The molecule has 1 N–H and O–H groups in total. The van der Waals surface area contributed by atoms with E-state index in [1.165, 1.54) is 0 Å². The van der Waals surface area contributed by atoms with E-state index < -0.39 is 0 Å². The van der Waals surface area contributed by atoms with Gasteiger partial charge in [0.15, 0.2) is 0 Å². The number of nitrogens with zero attached hydrogens (tertiary/aromatic N) is 1. The molecule has 0 saturated heterocycles. The number of carbonyl (C=O) groups is 1. The molecular formula is C16H14N2O2. The van der Waals surface area contributed by atoms with Gasteiger partial charge in [-0.2, -0.15) is 0 Å². The van der Waals surface area contributed by atoms with Crippen LogP contribution in [0.5, 0.6) is 0 Å². The van der Waals surface area contributed by atoms with Crippen LogP contribution in [0.1, 0.15) is 17.3 Å². The van der Waals surface area contributed by atoms with Crippen LogP contribution >= 0.6 is 0 Å². The van der Waals surface area contributed by atoms with Crippen molar-refractivity contribution in [1.82, 2.24) is 9.97 Å². The second kappa shape index (κ2) is 5.17. The van der Waals surface area contributed by atoms with Gasteiger partial charge in [0.25, 0.3) is 0 Å². The molecule has 0 atom stereocenters. The van der Waals surface area contributed by atoms with Gasteiger partial charge in [-0.3, -0.25) is 0 Å². The maximum absolute atomic E-state index is 11.9. The van der Waals surface area contributed by atoms with Gasteiger partial charge in [-0.25, -0.2) is 9.78 Å². The van der Waals surface area contributed by atoms with Crippen LogP contribution in [0.2, 0.25) is 0 Å². The summed E-state index contributed by atoms with van der Waals surface area (Å²) in [6, 6.07) is 15.3. The Hall–Kier alpha value is -2.62. The third-order valence-electron chi connectivity index (χ3n) is 3.06. The molecule has 20 heavy (non-hydrogen) atoms. The Kier molecular flexibility index (Phi) is 3.21. The number of nitrogens with one attached hydrogen (secondary N) is 1. The number of rotatable bonds is 3. The highest BCUT2D eigenvalue weighted by molar-refractivity contribution is 6.02. The van der Waals surface area contributed by atoms with Gasteiger partial charge >= 0.3 is 5.97 Å². The van der Waals surface area contributed by atoms with Crippen LogP contribution in [0.25, 0.3) is 22.4 Å². The highest BCUT2D eigenvalue weighted by atomic mass is 16.5. The number of hydrogen-bond acceptors (Lipinski definition) is 3. The molecule has 0 spiro atoms. The van der Waals surface area contributed by atoms with Gasteiger partial charge in [-0.15, -0.1) is 0 Å². The van der Waals surface area contributed by atoms with Crippen LogP contribution in [0, 0.1) is 0 Å². The van der Waals surface area contributed by atoms with E-state index >= 15 is 0 Å². The summed E-state index contributed by atoms with van der Waals surface area (Å²) < 4.78 is 5.06. The Balaban J connectivity index is 2.12. The van der Waals surface area contributed by atoms with Gasteiger partial charge in [-0.05, 0) is 19.1 Å². The maximum atomic E-state index is 11.9. The Bertz CT molecular complexity index is 748. The minimum atomic E-state index is -0.343. The molecule has 4 heteroatoms. The largest absolute Gasteiger partial charge is 0.462 e. The predicted octanol–water partition coefficient (Wildman–Crippen LogP) is 3.41. The van der Waals surface area contributed by atoms with Gasteiger partial charge in [0.1, 0.15) is 11.3 Å². The van der Waals surface area contributed by atoms with Crippen LogP contribution in [-0.2, 0) is 4.74 Å². The summed E-state index contributed by atoms with van der Waals surface area (Å²) in [5, 5.41) is 0. The molecule has 0 aliphatic carbocycles. The molecule has 0 fully saturated rings. The summed E-state index contributed by atoms with van der Waals surface area (Å²) in [6.45, 7) is 2.14. The van der Waals surface area contributed by atoms with Gasteiger partial charge in [-0.1, -0.05) is 36.4 Å². The van der Waals surface area contributed by atoms with Crippen molar-refractivity contribution in [2.24, 2.45) is 0 Å². The lowest BCUT2D eigenvalue weighted by molar-refractivity contribution is 0.0528.